The van der Waals surface area contributed by atoms with Gasteiger partial charge < -0.3 is 20.5 Å². The van der Waals surface area contributed by atoms with Crippen LogP contribution >= 0.6 is 0 Å². The molecule has 0 unspecified atom stereocenters. The first-order chi connectivity index (χ1) is 9.78. The minimum Gasteiger partial charge on any atom is -0.493 e. The van der Waals surface area contributed by atoms with Crippen molar-refractivity contribution >= 4 is 16.7 Å². The third-order valence-electron chi connectivity index (χ3n) is 3.53. The number of nitrogens with zero attached hydrogens (tertiary/aromatic N) is 2. The quantitative estimate of drug-likeness (QED) is 0.879. The second-order valence-electron chi connectivity index (χ2n) is 4.85. The van der Waals surface area contributed by atoms with Crippen LogP contribution in [0, 0.1) is 0 Å². The Morgan fingerprint density at radius 1 is 1.20 bits per heavy atom. The number of aromatic nitrogens is 2. The van der Waals surface area contributed by atoms with Gasteiger partial charge in [0.25, 0.3) is 0 Å². The minimum absolute atomic E-state index is 0.202. The molecule has 0 atom stereocenters. The molecule has 20 heavy (non-hydrogen) atoms. The standard InChI is InChI=1S/C14H18N4O2/c1-19-12-7-11-10(14(15)18-8-17-11)6-13(12)20-9-2-4-16-5-3-9/h6-9,16H,2-5H2,1H3,(H2,15,17,18). The topological polar surface area (TPSA) is 82.3 Å². The smallest absolute Gasteiger partial charge is 0.162 e. The molecule has 2 heterocycles. The van der Waals surface area contributed by atoms with Gasteiger partial charge in [-0.3, -0.25) is 0 Å². The fourth-order valence-corrected chi connectivity index (χ4v) is 2.43. The molecule has 6 heteroatoms. The molecule has 0 spiro atoms. The van der Waals surface area contributed by atoms with Gasteiger partial charge in [0.1, 0.15) is 18.2 Å². The van der Waals surface area contributed by atoms with Crippen LogP contribution in [0.3, 0.4) is 0 Å². The van der Waals surface area contributed by atoms with E-state index in [1.807, 2.05) is 12.1 Å². The van der Waals surface area contributed by atoms with E-state index in [1.165, 1.54) is 6.33 Å². The molecule has 6 nitrogen and oxygen atoms in total. The number of ether oxygens (including phenoxy) is 2. The Bertz CT molecular complexity index is 611. The normalized spacial score (nSPS) is 16.2. The number of anilines is 1. The van der Waals surface area contributed by atoms with Crippen molar-refractivity contribution in [3.63, 3.8) is 0 Å². The van der Waals surface area contributed by atoms with Gasteiger partial charge in [0.2, 0.25) is 0 Å². The Balaban J connectivity index is 1.97. The number of nitrogen functional groups attached to an aromatic ring is 1. The molecule has 3 N–H and O–H groups in total. The molecule has 1 aromatic heterocycles. The first kappa shape index (κ1) is 12.9. The fraction of sp³-hybridized carbons (Fsp3) is 0.429. The zero-order chi connectivity index (χ0) is 13.9. The predicted molar refractivity (Wildman–Crippen MR) is 77.0 cm³/mol. The highest BCUT2D eigenvalue weighted by Crippen LogP contribution is 2.34. The molecule has 1 saturated heterocycles. The molecule has 106 valence electrons. The summed E-state index contributed by atoms with van der Waals surface area (Å²) in [4.78, 5) is 8.21. The number of nitrogens with two attached hydrogens (primary N) is 1. The van der Waals surface area contributed by atoms with E-state index >= 15 is 0 Å². The third kappa shape index (κ3) is 2.46. The van der Waals surface area contributed by atoms with Crippen molar-refractivity contribution in [1.82, 2.24) is 15.3 Å². The van der Waals surface area contributed by atoms with Gasteiger partial charge in [-0.2, -0.15) is 0 Å². The summed E-state index contributed by atoms with van der Waals surface area (Å²) in [5.74, 6) is 1.83. The maximum Gasteiger partial charge on any atom is 0.162 e. The number of nitrogens with one attached hydrogen (secondary N) is 1. The van der Waals surface area contributed by atoms with Crippen LogP contribution in [-0.4, -0.2) is 36.3 Å². The van der Waals surface area contributed by atoms with Crippen LogP contribution in [0.4, 0.5) is 5.82 Å². The van der Waals surface area contributed by atoms with Gasteiger partial charge in [0, 0.05) is 11.5 Å². The minimum atomic E-state index is 0.202. The van der Waals surface area contributed by atoms with Gasteiger partial charge in [-0.15, -0.1) is 0 Å². The predicted octanol–water partition coefficient (Wildman–Crippen LogP) is 1.35. The maximum absolute atomic E-state index is 6.06. The van der Waals surface area contributed by atoms with Crippen molar-refractivity contribution < 1.29 is 9.47 Å². The number of rotatable bonds is 3. The van der Waals surface area contributed by atoms with Gasteiger partial charge in [0.15, 0.2) is 11.5 Å². The Labute approximate surface area is 117 Å². The average molecular weight is 274 g/mol. The molecular formula is C14H18N4O2. The maximum atomic E-state index is 6.06. The molecule has 1 fully saturated rings. The molecule has 3 rings (SSSR count). The number of hydrogen-bond acceptors (Lipinski definition) is 6. The average Bonchev–Trinajstić information content (AvgIpc) is 2.48. The highest BCUT2D eigenvalue weighted by atomic mass is 16.5. The summed E-state index contributed by atoms with van der Waals surface area (Å²) in [6.07, 6.45) is 3.63. The molecule has 1 aromatic carbocycles. The monoisotopic (exact) mass is 274 g/mol. The van der Waals surface area contributed by atoms with Gasteiger partial charge >= 0.3 is 0 Å². The Hall–Kier alpha value is -2.08. The number of benzene rings is 1. The molecule has 0 radical (unpaired) electrons. The fourth-order valence-electron chi connectivity index (χ4n) is 2.43. The highest BCUT2D eigenvalue weighted by molar-refractivity contribution is 5.90. The highest BCUT2D eigenvalue weighted by Gasteiger charge is 2.18. The Morgan fingerprint density at radius 2 is 2.00 bits per heavy atom. The number of fused-ring (bicyclic) bond motifs is 1. The van der Waals surface area contributed by atoms with E-state index in [9.17, 15) is 0 Å². The molecule has 0 amide bonds. The largest absolute Gasteiger partial charge is 0.493 e. The summed E-state index contributed by atoms with van der Waals surface area (Å²) in [7, 11) is 1.63. The van der Waals surface area contributed by atoms with E-state index < -0.39 is 0 Å². The molecular weight excluding hydrogens is 256 g/mol. The lowest BCUT2D eigenvalue weighted by molar-refractivity contribution is 0.157. The summed E-state index contributed by atoms with van der Waals surface area (Å²) in [6, 6.07) is 3.70. The molecule has 0 bridgehead atoms. The lowest BCUT2D eigenvalue weighted by atomic mass is 10.1. The van der Waals surface area contributed by atoms with Crippen molar-refractivity contribution in [2.45, 2.75) is 18.9 Å². The van der Waals surface area contributed by atoms with Crippen LogP contribution < -0.4 is 20.5 Å². The third-order valence-corrected chi connectivity index (χ3v) is 3.53. The number of hydrogen-bond donors (Lipinski definition) is 2. The van der Waals surface area contributed by atoms with E-state index in [2.05, 4.69) is 15.3 Å². The van der Waals surface area contributed by atoms with Crippen LogP contribution in [0.5, 0.6) is 11.5 Å². The molecule has 1 aliphatic heterocycles. The van der Waals surface area contributed by atoms with E-state index in [4.69, 9.17) is 15.2 Å². The van der Waals surface area contributed by atoms with Crippen LogP contribution in [0.1, 0.15) is 12.8 Å². The van der Waals surface area contributed by atoms with E-state index in [0.29, 0.717) is 17.3 Å². The van der Waals surface area contributed by atoms with Gasteiger partial charge in [-0.1, -0.05) is 0 Å². The summed E-state index contributed by atoms with van der Waals surface area (Å²) in [5.41, 5.74) is 6.65. The lowest BCUT2D eigenvalue weighted by Crippen LogP contribution is -2.34. The molecule has 0 saturated carbocycles. The Morgan fingerprint density at radius 3 is 2.75 bits per heavy atom. The van der Waals surface area contributed by atoms with Gasteiger partial charge in [-0.25, -0.2) is 9.97 Å². The van der Waals surface area contributed by atoms with Gasteiger partial charge in [0.05, 0.1) is 12.6 Å². The summed E-state index contributed by atoms with van der Waals surface area (Å²) >= 11 is 0. The Kier molecular flexibility index (Phi) is 3.56. The van der Waals surface area contributed by atoms with Crippen molar-refractivity contribution in [3.05, 3.63) is 18.5 Å². The van der Waals surface area contributed by atoms with Crippen LogP contribution in [0.15, 0.2) is 18.5 Å². The first-order valence-corrected chi connectivity index (χ1v) is 6.73. The SMILES string of the molecule is COc1cc2ncnc(N)c2cc1OC1CCNCC1. The van der Waals surface area contributed by atoms with Crippen molar-refractivity contribution in [2.75, 3.05) is 25.9 Å². The zero-order valence-corrected chi connectivity index (χ0v) is 11.4. The zero-order valence-electron chi connectivity index (χ0n) is 11.4. The number of piperidine rings is 1. The van der Waals surface area contributed by atoms with E-state index in [0.717, 1.165) is 36.8 Å². The van der Waals surface area contributed by atoms with Gasteiger partial charge in [-0.05, 0) is 32.0 Å². The first-order valence-electron chi connectivity index (χ1n) is 6.73. The van der Waals surface area contributed by atoms with Crippen molar-refractivity contribution in [3.8, 4) is 11.5 Å². The molecule has 0 aliphatic carbocycles. The second-order valence-corrected chi connectivity index (χ2v) is 4.85. The van der Waals surface area contributed by atoms with Crippen molar-refractivity contribution in [1.29, 1.82) is 0 Å². The van der Waals surface area contributed by atoms with Crippen LogP contribution in [0.25, 0.3) is 10.9 Å². The number of methoxy groups -OCH3 is 1. The lowest BCUT2D eigenvalue weighted by Gasteiger charge is -2.24. The van der Waals surface area contributed by atoms with Crippen LogP contribution in [-0.2, 0) is 0 Å². The van der Waals surface area contributed by atoms with E-state index in [1.54, 1.807) is 7.11 Å². The summed E-state index contributed by atoms with van der Waals surface area (Å²) in [5, 5.41) is 4.11. The second kappa shape index (κ2) is 5.50. The molecule has 1 aliphatic rings. The summed E-state index contributed by atoms with van der Waals surface area (Å²) < 4.78 is 11.5. The van der Waals surface area contributed by atoms with Crippen LogP contribution in [0.2, 0.25) is 0 Å². The van der Waals surface area contributed by atoms with E-state index in [-0.39, 0.29) is 6.10 Å². The molecule has 2 aromatic rings. The van der Waals surface area contributed by atoms with Crippen molar-refractivity contribution in [2.24, 2.45) is 0 Å². The summed E-state index contributed by atoms with van der Waals surface area (Å²) in [6.45, 7) is 1.96.